The molecule has 3 aliphatic rings. The molecule has 2 atom stereocenters. The van der Waals surface area contributed by atoms with Crippen LogP contribution in [0.25, 0.3) is 0 Å². The number of pyridine rings is 1. The third-order valence-corrected chi connectivity index (χ3v) is 11.9. The Balaban J connectivity index is 1.28. The highest BCUT2D eigenvalue weighted by Gasteiger charge is 2.31. The zero-order valence-corrected chi connectivity index (χ0v) is 33.5. The number of amidine groups is 1. The smallest absolute Gasteiger partial charge is 0.226 e. The number of nitrogens with zero attached hydrogens (tertiary/aromatic N) is 1. The van der Waals surface area contributed by atoms with Crippen molar-refractivity contribution in [3.63, 3.8) is 0 Å². The van der Waals surface area contributed by atoms with Gasteiger partial charge in [-0.3, -0.25) is 29.6 Å². The van der Waals surface area contributed by atoms with Gasteiger partial charge in [-0.2, -0.15) is 0 Å². The third-order valence-electron chi connectivity index (χ3n) is 10.2. The summed E-state index contributed by atoms with van der Waals surface area (Å²) in [4.78, 5) is 58.6. The Hall–Kier alpha value is -6.47. The van der Waals surface area contributed by atoms with Gasteiger partial charge in [0.1, 0.15) is 11.6 Å². The molecule has 4 heterocycles. The second-order valence-corrected chi connectivity index (χ2v) is 17.1. The molecular weight excluding hydrogens is 765 g/mol. The number of nitrogens with two attached hydrogens (primary N) is 1. The van der Waals surface area contributed by atoms with Gasteiger partial charge in [0.05, 0.1) is 24.3 Å². The predicted molar refractivity (Wildman–Crippen MR) is 225 cm³/mol. The molecule has 0 aliphatic carbocycles. The summed E-state index contributed by atoms with van der Waals surface area (Å²) in [6.45, 7) is 0.666. The highest BCUT2D eigenvalue weighted by Crippen LogP contribution is 2.23. The first-order valence-corrected chi connectivity index (χ1v) is 21.3. The van der Waals surface area contributed by atoms with Crippen LogP contribution in [0, 0.1) is 17.2 Å². The average molecular weight is 813 g/mol. The number of aromatic nitrogens is 1. The molecule has 6 bridgehead atoms. The van der Waals surface area contributed by atoms with Gasteiger partial charge in [-0.1, -0.05) is 109 Å². The summed E-state index contributed by atoms with van der Waals surface area (Å²) in [5.41, 5.74) is 11.8. The standard InChI is InChI=1S/C46H48N6O6S/c47-45(48)37-19-17-35(18-20-37)28-51-46(56)38-21-31-9-13-33(14-10-31)26-49-43(54)24-40-7-4-8-41(52-40)25-44(55)50-27-34-15-11-32(12-16-34)22-39(42(53)23-38)30-59(57,58)29-36-5-2-1-3-6-36/h1-20,38-39H,21-30H2,(H3,47,48)(H,49,54)(H,50,55)(H,51,56)/t38-,39+/m1/s1. The van der Waals surface area contributed by atoms with Gasteiger partial charge in [0.25, 0.3) is 0 Å². The number of carbonyl (C=O) groups excluding carboxylic acids is 4. The van der Waals surface area contributed by atoms with Crippen molar-refractivity contribution in [2.45, 2.75) is 57.5 Å². The summed E-state index contributed by atoms with van der Waals surface area (Å²) in [6, 6.07) is 35.7. The summed E-state index contributed by atoms with van der Waals surface area (Å²) in [6.07, 6.45) is 0.226. The number of hydrogen-bond acceptors (Lipinski definition) is 8. The van der Waals surface area contributed by atoms with Crippen molar-refractivity contribution < 1.29 is 27.6 Å². The summed E-state index contributed by atoms with van der Waals surface area (Å²) in [7, 11) is -3.76. The molecule has 0 radical (unpaired) electrons. The fourth-order valence-electron chi connectivity index (χ4n) is 7.00. The Morgan fingerprint density at radius 1 is 0.678 bits per heavy atom. The maximum absolute atomic E-state index is 14.4. The highest BCUT2D eigenvalue weighted by molar-refractivity contribution is 7.90. The van der Waals surface area contributed by atoms with Crippen molar-refractivity contribution in [2.24, 2.45) is 17.6 Å². The summed E-state index contributed by atoms with van der Waals surface area (Å²) in [5, 5.41) is 16.4. The molecule has 3 aliphatic heterocycles. The number of fused-ring (bicyclic) bond motifs is 2. The summed E-state index contributed by atoms with van der Waals surface area (Å²) < 4.78 is 27.4. The molecule has 6 N–H and O–H groups in total. The number of nitrogen functional groups attached to an aromatic ring is 1. The normalized spacial score (nSPS) is 16.9. The van der Waals surface area contributed by atoms with Crippen molar-refractivity contribution in [1.29, 1.82) is 5.41 Å². The van der Waals surface area contributed by atoms with E-state index < -0.39 is 27.4 Å². The van der Waals surface area contributed by atoms with Crippen molar-refractivity contribution in [1.82, 2.24) is 20.9 Å². The highest BCUT2D eigenvalue weighted by atomic mass is 32.2. The number of hydrogen-bond donors (Lipinski definition) is 5. The van der Waals surface area contributed by atoms with Gasteiger partial charge in [0.15, 0.2) is 9.84 Å². The van der Waals surface area contributed by atoms with E-state index in [1.165, 1.54) is 0 Å². The third kappa shape index (κ3) is 13.0. The molecule has 0 unspecified atom stereocenters. The van der Waals surface area contributed by atoms with Crippen LogP contribution in [0.3, 0.4) is 0 Å². The fraction of sp³-hybridized carbons (Fsp3) is 0.261. The van der Waals surface area contributed by atoms with E-state index in [9.17, 15) is 27.6 Å². The van der Waals surface area contributed by atoms with Gasteiger partial charge in [0, 0.05) is 54.8 Å². The molecule has 5 aromatic rings. The van der Waals surface area contributed by atoms with Crippen molar-refractivity contribution in [2.75, 3.05) is 5.75 Å². The first kappa shape index (κ1) is 42.1. The van der Waals surface area contributed by atoms with E-state index in [-0.39, 0.29) is 86.8 Å². The Bertz CT molecular complexity index is 2390. The van der Waals surface area contributed by atoms with Crippen LogP contribution in [0.2, 0.25) is 0 Å². The molecule has 4 aromatic carbocycles. The van der Waals surface area contributed by atoms with E-state index in [2.05, 4.69) is 20.9 Å². The molecule has 1 aromatic heterocycles. The quantitative estimate of drug-likeness (QED) is 0.113. The van der Waals surface area contributed by atoms with E-state index in [0.717, 1.165) is 27.8 Å². The number of amides is 3. The summed E-state index contributed by atoms with van der Waals surface area (Å²) >= 11 is 0. The van der Waals surface area contributed by atoms with E-state index in [1.54, 1.807) is 66.7 Å². The van der Waals surface area contributed by atoms with Crippen LogP contribution in [0.4, 0.5) is 0 Å². The van der Waals surface area contributed by atoms with Gasteiger partial charge in [0.2, 0.25) is 17.7 Å². The Labute approximate surface area is 344 Å². The van der Waals surface area contributed by atoms with Crippen LogP contribution in [-0.2, 0) is 80.1 Å². The predicted octanol–water partition coefficient (Wildman–Crippen LogP) is 4.31. The number of rotatable bonds is 8. The van der Waals surface area contributed by atoms with E-state index in [0.29, 0.717) is 22.5 Å². The zero-order chi connectivity index (χ0) is 41.8. The van der Waals surface area contributed by atoms with E-state index >= 15 is 0 Å². The molecule has 0 saturated heterocycles. The Kier molecular flexibility index (Phi) is 14.1. The number of Topliss-reactive ketones (excluding diaryl/α,β-unsaturated/α-hetero) is 1. The van der Waals surface area contributed by atoms with Gasteiger partial charge < -0.3 is 21.7 Å². The van der Waals surface area contributed by atoms with Crippen LogP contribution in [-0.4, -0.2) is 48.5 Å². The SMILES string of the molecule is N=C(N)c1ccc(CNC(=O)[C@H]2CC(=O)[C@H](CS(=O)(=O)Cc3ccccc3)Cc3ccc(cc3)CNC(=O)Cc3cccc(n3)CC(=O)NCc3ccc(cc3)C2)cc1. The first-order chi connectivity index (χ1) is 28.4. The average Bonchev–Trinajstić information content (AvgIpc) is 3.22. The molecule has 8 rings (SSSR count). The Morgan fingerprint density at radius 3 is 1.78 bits per heavy atom. The molecule has 3 amide bonds. The minimum absolute atomic E-state index is 0.0361. The number of benzene rings is 4. The lowest BCUT2D eigenvalue weighted by atomic mass is 9.87. The van der Waals surface area contributed by atoms with Gasteiger partial charge in [-0.05, 0) is 58.4 Å². The first-order valence-electron chi connectivity index (χ1n) is 19.5. The zero-order valence-electron chi connectivity index (χ0n) is 32.7. The topological polar surface area (TPSA) is 201 Å². The maximum atomic E-state index is 14.4. The lowest BCUT2D eigenvalue weighted by molar-refractivity contribution is -0.130. The van der Waals surface area contributed by atoms with Crippen molar-refractivity contribution >= 4 is 39.2 Å². The minimum Gasteiger partial charge on any atom is -0.384 e. The Morgan fingerprint density at radius 2 is 1.22 bits per heavy atom. The van der Waals surface area contributed by atoms with Gasteiger partial charge in [-0.25, -0.2) is 8.42 Å². The second-order valence-electron chi connectivity index (χ2n) is 15.0. The molecule has 0 spiro atoms. The monoisotopic (exact) mass is 812 g/mol. The largest absolute Gasteiger partial charge is 0.384 e. The van der Waals surface area contributed by atoms with Crippen LogP contribution < -0.4 is 21.7 Å². The van der Waals surface area contributed by atoms with Crippen molar-refractivity contribution in [3.8, 4) is 0 Å². The van der Waals surface area contributed by atoms with Gasteiger partial charge >= 0.3 is 0 Å². The van der Waals surface area contributed by atoms with E-state index in [1.807, 2.05) is 54.6 Å². The molecule has 304 valence electrons. The maximum Gasteiger partial charge on any atom is 0.226 e. The van der Waals surface area contributed by atoms with E-state index in [4.69, 9.17) is 11.1 Å². The number of nitrogens with one attached hydrogen (secondary N) is 4. The molecule has 12 nitrogen and oxygen atoms in total. The van der Waals surface area contributed by atoms with Crippen LogP contribution in [0.15, 0.2) is 121 Å². The summed E-state index contributed by atoms with van der Waals surface area (Å²) in [5.74, 6) is -3.64. The molecule has 59 heavy (non-hydrogen) atoms. The number of ketones is 1. The molecule has 13 heteroatoms. The number of carbonyl (C=O) groups is 4. The van der Waals surface area contributed by atoms with Crippen molar-refractivity contribution in [3.05, 3.63) is 172 Å². The van der Waals surface area contributed by atoms with Crippen LogP contribution in [0.1, 0.15) is 56.8 Å². The molecule has 0 fully saturated rings. The van der Waals surface area contributed by atoms with Crippen LogP contribution in [0.5, 0.6) is 0 Å². The minimum atomic E-state index is -3.76. The lowest BCUT2D eigenvalue weighted by Gasteiger charge is -2.21. The fourth-order valence-corrected chi connectivity index (χ4v) is 8.73. The second kappa shape index (κ2) is 19.8. The van der Waals surface area contributed by atoms with Crippen LogP contribution >= 0.6 is 0 Å². The number of sulfone groups is 1. The molecular formula is C46H48N6O6S. The van der Waals surface area contributed by atoms with Gasteiger partial charge in [-0.15, -0.1) is 0 Å². The molecule has 0 saturated carbocycles. The lowest BCUT2D eigenvalue weighted by Crippen LogP contribution is -2.36.